The first kappa shape index (κ1) is 23.1. The van der Waals surface area contributed by atoms with Gasteiger partial charge in [0.2, 0.25) is 10.0 Å². The van der Waals surface area contributed by atoms with Crippen LogP contribution >= 0.6 is 15.9 Å². The van der Waals surface area contributed by atoms with Crippen LogP contribution in [0.5, 0.6) is 0 Å². The highest BCUT2D eigenvalue weighted by Gasteiger charge is 2.23. The summed E-state index contributed by atoms with van der Waals surface area (Å²) < 4.78 is 32.2. The zero-order valence-corrected chi connectivity index (χ0v) is 18.8. The van der Waals surface area contributed by atoms with Crippen molar-refractivity contribution in [1.82, 2.24) is 4.31 Å². The molecule has 0 spiro atoms. The first-order chi connectivity index (χ1) is 13.7. The van der Waals surface area contributed by atoms with E-state index >= 15 is 0 Å². The Hall–Kier alpha value is -2.23. The minimum Gasteiger partial charge on any atom is -0.462 e. The van der Waals surface area contributed by atoms with Crippen molar-refractivity contribution in [2.45, 2.75) is 25.7 Å². The molecule has 0 atom stereocenters. The standard InChI is InChI=1S/C20H23BrN2O5S/c1-4-23(5-2)29(26,27)16-11-12-18(21)17(13-16)19(24)22-15-9-7-14(8-10-15)20(25)28-6-3/h7-13H,4-6H2,1-3H3,(H,22,24). The number of ether oxygens (including phenoxy) is 1. The molecule has 1 amide bonds. The van der Waals surface area contributed by atoms with E-state index in [0.29, 0.717) is 28.8 Å². The predicted octanol–water partition coefficient (Wildman–Crippen LogP) is 3.91. The van der Waals surface area contributed by atoms with Crippen molar-refractivity contribution in [2.24, 2.45) is 0 Å². The van der Waals surface area contributed by atoms with Crippen molar-refractivity contribution in [1.29, 1.82) is 0 Å². The van der Waals surface area contributed by atoms with Gasteiger partial charge in [0.05, 0.1) is 22.6 Å². The molecule has 0 aliphatic heterocycles. The smallest absolute Gasteiger partial charge is 0.338 e. The average Bonchev–Trinajstić information content (AvgIpc) is 2.69. The zero-order valence-electron chi connectivity index (χ0n) is 16.4. The molecule has 0 radical (unpaired) electrons. The van der Waals surface area contributed by atoms with Gasteiger partial charge < -0.3 is 10.1 Å². The quantitative estimate of drug-likeness (QED) is 0.575. The van der Waals surface area contributed by atoms with Gasteiger partial charge >= 0.3 is 5.97 Å². The Bertz CT molecular complexity index is 986. The number of rotatable bonds is 8. The van der Waals surface area contributed by atoms with E-state index in [1.807, 2.05) is 0 Å². The number of hydrogen-bond acceptors (Lipinski definition) is 5. The molecule has 1 N–H and O–H groups in total. The van der Waals surface area contributed by atoms with Crippen LogP contribution < -0.4 is 5.32 Å². The van der Waals surface area contributed by atoms with Crippen LogP contribution in [0.1, 0.15) is 41.5 Å². The SMILES string of the molecule is CCOC(=O)c1ccc(NC(=O)c2cc(S(=O)(=O)N(CC)CC)ccc2Br)cc1. The maximum absolute atomic E-state index is 12.7. The molecule has 0 saturated heterocycles. The first-order valence-electron chi connectivity index (χ1n) is 9.12. The van der Waals surface area contributed by atoms with Crippen LogP contribution in [0.15, 0.2) is 51.8 Å². The second-order valence-electron chi connectivity index (χ2n) is 5.98. The molecular weight excluding hydrogens is 460 g/mol. The van der Waals surface area contributed by atoms with E-state index in [-0.39, 0.29) is 17.1 Å². The number of benzene rings is 2. The highest BCUT2D eigenvalue weighted by atomic mass is 79.9. The van der Waals surface area contributed by atoms with E-state index in [2.05, 4.69) is 21.2 Å². The van der Waals surface area contributed by atoms with Gasteiger partial charge in [-0.25, -0.2) is 13.2 Å². The van der Waals surface area contributed by atoms with Crippen molar-refractivity contribution >= 4 is 43.5 Å². The Morgan fingerprint density at radius 1 is 1.03 bits per heavy atom. The number of esters is 1. The lowest BCUT2D eigenvalue weighted by Crippen LogP contribution is -2.30. The lowest BCUT2D eigenvalue weighted by Gasteiger charge is -2.19. The Balaban J connectivity index is 2.26. The molecule has 0 aliphatic carbocycles. The molecule has 9 heteroatoms. The average molecular weight is 483 g/mol. The number of amides is 1. The maximum atomic E-state index is 12.7. The monoisotopic (exact) mass is 482 g/mol. The third-order valence-corrected chi connectivity index (χ3v) is 6.92. The second-order valence-corrected chi connectivity index (χ2v) is 8.78. The minimum atomic E-state index is -3.69. The van der Waals surface area contributed by atoms with Gasteiger partial charge in [-0.2, -0.15) is 4.31 Å². The Morgan fingerprint density at radius 3 is 2.21 bits per heavy atom. The molecule has 0 saturated carbocycles. The summed E-state index contributed by atoms with van der Waals surface area (Å²) in [7, 11) is -3.69. The molecule has 0 bridgehead atoms. The predicted molar refractivity (Wildman–Crippen MR) is 115 cm³/mol. The third-order valence-electron chi connectivity index (χ3n) is 4.18. The Labute approximate surface area is 179 Å². The topological polar surface area (TPSA) is 92.8 Å². The lowest BCUT2D eigenvalue weighted by molar-refractivity contribution is 0.0526. The Morgan fingerprint density at radius 2 is 1.66 bits per heavy atom. The number of carbonyl (C=O) groups excluding carboxylic acids is 2. The van der Waals surface area contributed by atoms with E-state index < -0.39 is 21.9 Å². The van der Waals surface area contributed by atoms with Crippen LogP contribution in [0.25, 0.3) is 0 Å². The van der Waals surface area contributed by atoms with Crippen molar-refractivity contribution in [3.63, 3.8) is 0 Å². The van der Waals surface area contributed by atoms with Crippen molar-refractivity contribution in [2.75, 3.05) is 25.0 Å². The summed E-state index contributed by atoms with van der Waals surface area (Å²) in [6, 6.07) is 10.6. The number of halogens is 1. The van der Waals surface area contributed by atoms with Gasteiger partial charge in [-0.15, -0.1) is 0 Å². The summed E-state index contributed by atoms with van der Waals surface area (Å²) in [6.45, 7) is 6.18. The van der Waals surface area contributed by atoms with Crippen LogP contribution in [0.3, 0.4) is 0 Å². The summed E-state index contributed by atoms with van der Waals surface area (Å²) in [4.78, 5) is 24.5. The number of hydrogen-bond donors (Lipinski definition) is 1. The van der Waals surface area contributed by atoms with Gasteiger partial charge in [0.25, 0.3) is 5.91 Å². The summed E-state index contributed by atoms with van der Waals surface area (Å²) in [5, 5.41) is 2.70. The molecule has 2 aromatic rings. The highest BCUT2D eigenvalue weighted by Crippen LogP contribution is 2.24. The summed E-state index contributed by atoms with van der Waals surface area (Å²) in [5.74, 6) is -0.917. The molecule has 0 fully saturated rings. The van der Waals surface area contributed by atoms with Gasteiger partial charge in [0.15, 0.2) is 0 Å². The van der Waals surface area contributed by atoms with Gasteiger partial charge in [-0.05, 0) is 65.3 Å². The minimum absolute atomic E-state index is 0.0483. The van der Waals surface area contributed by atoms with E-state index in [0.717, 1.165) is 0 Å². The van der Waals surface area contributed by atoms with Crippen LogP contribution in [-0.4, -0.2) is 44.3 Å². The number of nitrogens with zero attached hydrogens (tertiary/aromatic N) is 1. The van der Waals surface area contributed by atoms with Gasteiger partial charge in [-0.3, -0.25) is 4.79 Å². The van der Waals surface area contributed by atoms with Crippen molar-refractivity contribution < 1.29 is 22.7 Å². The number of anilines is 1. The molecule has 156 valence electrons. The fraction of sp³-hybridized carbons (Fsp3) is 0.300. The molecule has 0 aromatic heterocycles. The van der Waals surface area contributed by atoms with Gasteiger partial charge in [-0.1, -0.05) is 13.8 Å². The van der Waals surface area contributed by atoms with Gasteiger partial charge in [0, 0.05) is 23.2 Å². The highest BCUT2D eigenvalue weighted by molar-refractivity contribution is 9.10. The molecule has 2 aromatic carbocycles. The molecule has 0 heterocycles. The summed E-state index contributed by atoms with van der Waals surface area (Å²) in [6.07, 6.45) is 0. The molecule has 7 nitrogen and oxygen atoms in total. The van der Waals surface area contributed by atoms with Crippen LogP contribution in [0.4, 0.5) is 5.69 Å². The van der Waals surface area contributed by atoms with Crippen LogP contribution in [0.2, 0.25) is 0 Å². The van der Waals surface area contributed by atoms with E-state index in [4.69, 9.17) is 4.74 Å². The summed E-state index contributed by atoms with van der Waals surface area (Å²) in [5.41, 5.74) is 1.03. The molecule has 29 heavy (non-hydrogen) atoms. The van der Waals surface area contributed by atoms with Crippen molar-refractivity contribution in [3.05, 3.63) is 58.1 Å². The Kier molecular flexibility index (Phi) is 7.95. The molecule has 0 aliphatic rings. The fourth-order valence-corrected chi connectivity index (χ4v) is 4.57. The van der Waals surface area contributed by atoms with E-state index in [9.17, 15) is 18.0 Å². The van der Waals surface area contributed by atoms with E-state index in [1.165, 1.54) is 22.5 Å². The second kappa shape index (κ2) is 10.00. The maximum Gasteiger partial charge on any atom is 0.338 e. The van der Waals surface area contributed by atoms with E-state index in [1.54, 1.807) is 45.0 Å². The summed E-state index contributed by atoms with van der Waals surface area (Å²) >= 11 is 3.30. The number of carbonyl (C=O) groups is 2. The molecule has 2 rings (SSSR count). The normalized spacial score (nSPS) is 11.3. The number of nitrogens with one attached hydrogen (secondary N) is 1. The molecular formula is C20H23BrN2O5S. The zero-order chi connectivity index (χ0) is 21.6. The van der Waals surface area contributed by atoms with Gasteiger partial charge in [0.1, 0.15) is 0 Å². The van der Waals surface area contributed by atoms with Crippen molar-refractivity contribution in [3.8, 4) is 0 Å². The third kappa shape index (κ3) is 5.43. The number of sulfonamides is 1. The van der Waals surface area contributed by atoms with Crippen LogP contribution in [-0.2, 0) is 14.8 Å². The largest absolute Gasteiger partial charge is 0.462 e. The lowest BCUT2D eigenvalue weighted by atomic mass is 10.2. The molecule has 0 unspecified atom stereocenters. The van der Waals surface area contributed by atoms with Crippen LogP contribution in [0, 0.1) is 0 Å². The fourth-order valence-electron chi connectivity index (χ4n) is 2.65. The first-order valence-corrected chi connectivity index (χ1v) is 11.4.